The van der Waals surface area contributed by atoms with E-state index in [9.17, 15) is 4.79 Å². The van der Waals surface area contributed by atoms with Crippen molar-refractivity contribution >= 4 is 5.91 Å². The average Bonchev–Trinajstić information content (AvgIpc) is 3.29. The number of piperidine rings is 1. The summed E-state index contributed by atoms with van der Waals surface area (Å²) in [5.74, 6) is 1.39. The molecule has 1 amide bonds. The van der Waals surface area contributed by atoms with Gasteiger partial charge >= 0.3 is 0 Å². The van der Waals surface area contributed by atoms with E-state index in [2.05, 4.69) is 14.8 Å². The van der Waals surface area contributed by atoms with Gasteiger partial charge in [-0.15, -0.1) is 0 Å². The van der Waals surface area contributed by atoms with E-state index in [0.29, 0.717) is 11.6 Å². The van der Waals surface area contributed by atoms with Crippen LogP contribution in [-0.4, -0.2) is 66.1 Å². The molecule has 0 unspecified atom stereocenters. The van der Waals surface area contributed by atoms with Gasteiger partial charge in [-0.2, -0.15) is 0 Å². The van der Waals surface area contributed by atoms with Gasteiger partial charge in [-0.1, -0.05) is 6.07 Å². The lowest BCUT2D eigenvalue weighted by Gasteiger charge is -2.41. The highest BCUT2D eigenvalue weighted by atomic mass is 16.5. The van der Waals surface area contributed by atoms with Crippen LogP contribution in [-0.2, 0) is 4.74 Å². The Hall–Kier alpha value is -1.46. The molecule has 3 aliphatic rings. The molecule has 0 aromatic carbocycles. The molecule has 2 saturated heterocycles. The monoisotopic (exact) mass is 329 g/mol. The smallest absolute Gasteiger partial charge is 0.272 e. The number of amides is 1. The number of aromatic nitrogens is 1. The maximum atomic E-state index is 13.0. The maximum Gasteiger partial charge on any atom is 0.272 e. The fourth-order valence-corrected chi connectivity index (χ4v) is 4.40. The standard InChI is InChI=1S/C19H27N3O2/c1-13-4-3-5-16(20-13)19(23)22-9-8-18(24-2)15-11-21(12-17(15)22)10-14-6-7-14/h3-5,14-15,17-18H,6-12H2,1-2H3/t15-,17+,18-/m0/s1. The molecular formula is C19H27N3O2. The minimum atomic E-state index is 0.0801. The Morgan fingerprint density at radius 2 is 2.12 bits per heavy atom. The summed E-state index contributed by atoms with van der Waals surface area (Å²) in [6, 6.07) is 5.95. The number of hydrogen-bond acceptors (Lipinski definition) is 4. The lowest BCUT2D eigenvalue weighted by Crippen LogP contribution is -2.53. The molecule has 1 saturated carbocycles. The Bertz CT molecular complexity index is 616. The van der Waals surface area contributed by atoms with Crippen LogP contribution in [0.25, 0.3) is 0 Å². The molecule has 3 fully saturated rings. The Balaban J connectivity index is 1.53. The van der Waals surface area contributed by atoms with E-state index in [0.717, 1.165) is 37.7 Å². The van der Waals surface area contributed by atoms with Gasteiger partial charge in [0.25, 0.3) is 5.91 Å². The van der Waals surface area contributed by atoms with E-state index in [1.807, 2.05) is 32.2 Å². The highest BCUT2D eigenvalue weighted by molar-refractivity contribution is 5.92. The first-order valence-corrected chi connectivity index (χ1v) is 9.15. The molecule has 1 aromatic rings. The number of rotatable bonds is 4. The van der Waals surface area contributed by atoms with Crippen molar-refractivity contribution in [3.8, 4) is 0 Å². The van der Waals surface area contributed by atoms with Crippen LogP contribution in [0.1, 0.15) is 35.4 Å². The van der Waals surface area contributed by atoms with Crippen LogP contribution in [0.5, 0.6) is 0 Å². The van der Waals surface area contributed by atoms with Gasteiger partial charge in [0.15, 0.2) is 0 Å². The van der Waals surface area contributed by atoms with E-state index in [-0.39, 0.29) is 18.1 Å². The first kappa shape index (κ1) is 16.0. The highest BCUT2D eigenvalue weighted by Gasteiger charge is 2.47. The number of carbonyl (C=O) groups is 1. The topological polar surface area (TPSA) is 45.7 Å². The molecule has 0 radical (unpaired) electrons. The summed E-state index contributed by atoms with van der Waals surface area (Å²) in [5, 5.41) is 0. The van der Waals surface area contributed by atoms with Gasteiger partial charge in [0.1, 0.15) is 5.69 Å². The van der Waals surface area contributed by atoms with E-state index in [1.54, 1.807) is 0 Å². The van der Waals surface area contributed by atoms with Crippen LogP contribution in [0.4, 0.5) is 0 Å². The fourth-order valence-electron chi connectivity index (χ4n) is 4.40. The second-order valence-corrected chi connectivity index (χ2v) is 7.62. The Morgan fingerprint density at radius 1 is 1.29 bits per heavy atom. The third-order valence-corrected chi connectivity index (χ3v) is 5.83. The van der Waals surface area contributed by atoms with Crippen molar-refractivity contribution in [2.75, 3.05) is 33.3 Å². The summed E-state index contributed by atoms with van der Waals surface area (Å²) in [7, 11) is 1.81. The Morgan fingerprint density at radius 3 is 2.83 bits per heavy atom. The number of pyridine rings is 1. The number of methoxy groups -OCH3 is 1. The second kappa shape index (κ2) is 6.45. The van der Waals surface area contributed by atoms with Crippen LogP contribution in [0.2, 0.25) is 0 Å². The van der Waals surface area contributed by atoms with Crippen molar-refractivity contribution in [3.63, 3.8) is 0 Å². The molecule has 3 atom stereocenters. The molecule has 5 heteroatoms. The van der Waals surface area contributed by atoms with Gasteiger partial charge in [-0.3, -0.25) is 4.79 Å². The number of aryl methyl sites for hydroxylation is 1. The fraction of sp³-hybridized carbons (Fsp3) is 0.684. The summed E-state index contributed by atoms with van der Waals surface area (Å²) < 4.78 is 5.75. The zero-order chi connectivity index (χ0) is 16.7. The first-order valence-electron chi connectivity index (χ1n) is 9.15. The number of fused-ring (bicyclic) bond motifs is 1. The molecule has 1 aliphatic carbocycles. The summed E-state index contributed by atoms with van der Waals surface area (Å²) >= 11 is 0. The van der Waals surface area contributed by atoms with Crippen molar-refractivity contribution in [1.82, 2.24) is 14.8 Å². The van der Waals surface area contributed by atoms with E-state index in [4.69, 9.17) is 4.74 Å². The van der Waals surface area contributed by atoms with E-state index < -0.39 is 0 Å². The second-order valence-electron chi connectivity index (χ2n) is 7.62. The number of carbonyl (C=O) groups excluding carboxylic acids is 1. The number of likely N-dealkylation sites (tertiary alicyclic amines) is 2. The third-order valence-electron chi connectivity index (χ3n) is 5.83. The van der Waals surface area contributed by atoms with Crippen LogP contribution >= 0.6 is 0 Å². The van der Waals surface area contributed by atoms with Crippen molar-refractivity contribution in [1.29, 1.82) is 0 Å². The molecule has 1 aromatic heterocycles. The molecule has 4 rings (SSSR count). The molecular weight excluding hydrogens is 302 g/mol. The zero-order valence-corrected chi connectivity index (χ0v) is 14.6. The molecule has 24 heavy (non-hydrogen) atoms. The summed E-state index contributed by atoms with van der Waals surface area (Å²) in [4.78, 5) is 22.1. The van der Waals surface area contributed by atoms with Gasteiger partial charge in [0.05, 0.1) is 12.1 Å². The largest absolute Gasteiger partial charge is 0.381 e. The molecule has 2 aliphatic heterocycles. The molecule has 0 spiro atoms. The van der Waals surface area contributed by atoms with Gasteiger partial charge in [0.2, 0.25) is 0 Å². The highest BCUT2D eigenvalue weighted by Crippen LogP contribution is 2.36. The van der Waals surface area contributed by atoms with Crippen LogP contribution in [0.3, 0.4) is 0 Å². The number of ether oxygens (including phenoxy) is 1. The lowest BCUT2D eigenvalue weighted by molar-refractivity contribution is -0.0158. The molecule has 5 nitrogen and oxygen atoms in total. The minimum Gasteiger partial charge on any atom is -0.381 e. The zero-order valence-electron chi connectivity index (χ0n) is 14.6. The van der Waals surface area contributed by atoms with Gasteiger partial charge in [-0.25, -0.2) is 4.98 Å². The van der Waals surface area contributed by atoms with Gasteiger partial charge in [0, 0.05) is 44.9 Å². The predicted molar refractivity (Wildman–Crippen MR) is 91.9 cm³/mol. The normalized spacial score (nSPS) is 30.4. The van der Waals surface area contributed by atoms with E-state index >= 15 is 0 Å². The van der Waals surface area contributed by atoms with Crippen LogP contribution in [0.15, 0.2) is 18.2 Å². The maximum absolute atomic E-state index is 13.0. The average molecular weight is 329 g/mol. The molecule has 0 bridgehead atoms. The first-order chi connectivity index (χ1) is 11.7. The van der Waals surface area contributed by atoms with Crippen molar-refractivity contribution in [2.24, 2.45) is 11.8 Å². The quantitative estimate of drug-likeness (QED) is 0.847. The summed E-state index contributed by atoms with van der Waals surface area (Å²) in [5.41, 5.74) is 1.47. The Labute approximate surface area is 144 Å². The SMILES string of the molecule is CO[C@H]1CCN(C(=O)c2cccc(C)n2)[C@@H]2CN(CC3CC3)C[C@H]12. The minimum absolute atomic E-state index is 0.0801. The van der Waals surface area contributed by atoms with Gasteiger partial charge in [-0.05, 0) is 44.2 Å². The van der Waals surface area contributed by atoms with Gasteiger partial charge < -0.3 is 14.5 Å². The van der Waals surface area contributed by atoms with Crippen molar-refractivity contribution < 1.29 is 9.53 Å². The number of hydrogen-bond donors (Lipinski definition) is 0. The van der Waals surface area contributed by atoms with Crippen molar-refractivity contribution in [3.05, 3.63) is 29.6 Å². The molecule has 0 N–H and O–H groups in total. The summed E-state index contributed by atoms with van der Waals surface area (Å²) in [6.07, 6.45) is 3.94. The molecule has 3 heterocycles. The predicted octanol–water partition coefficient (Wildman–Crippen LogP) is 1.96. The van der Waals surface area contributed by atoms with Crippen LogP contribution < -0.4 is 0 Å². The summed E-state index contributed by atoms with van der Waals surface area (Å²) in [6.45, 7) is 5.94. The Kier molecular flexibility index (Phi) is 4.31. The lowest BCUT2D eigenvalue weighted by atomic mass is 9.88. The molecule has 130 valence electrons. The third kappa shape index (κ3) is 3.07. The van der Waals surface area contributed by atoms with Crippen LogP contribution in [0, 0.1) is 18.8 Å². The number of nitrogens with zero attached hydrogens (tertiary/aromatic N) is 3. The van der Waals surface area contributed by atoms with E-state index in [1.165, 1.54) is 19.4 Å². The van der Waals surface area contributed by atoms with Crippen molar-refractivity contribution in [2.45, 2.75) is 38.3 Å².